The second kappa shape index (κ2) is 6.23. The zero-order chi connectivity index (χ0) is 14.7. The molecule has 8 heteroatoms. The van der Waals surface area contributed by atoms with Crippen LogP contribution in [0.5, 0.6) is 0 Å². The number of hydrogen-bond acceptors (Lipinski definition) is 6. The molecule has 1 aliphatic rings. The van der Waals surface area contributed by atoms with Crippen molar-refractivity contribution in [2.45, 2.75) is 13.1 Å². The second-order valence-electron chi connectivity index (χ2n) is 5.04. The predicted molar refractivity (Wildman–Crippen MR) is 80.6 cm³/mol. The van der Waals surface area contributed by atoms with E-state index in [4.69, 9.17) is 5.73 Å². The van der Waals surface area contributed by atoms with Gasteiger partial charge in [-0.2, -0.15) is 0 Å². The molecule has 0 aliphatic carbocycles. The van der Waals surface area contributed by atoms with E-state index in [2.05, 4.69) is 32.5 Å². The molecule has 0 spiro atoms. The molecule has 0 aromatic carbocycles. The molecule has 1 saturated heterocycles. The predicted octanol–water partition coefficient (Wildman–Crippen LogP) is 0.266. The Labute approximate surface area is 127 Å². The van der Waals surface area contributed by atoms with Gasteiger partial charge in [-0.25, -0.2) is 9.67 Å². The zero-order valence-corrected chi connectivity index (χ0v) is 12.5. The molecule has 1 amide bonds. The average Bonchev–Trinajstić information content (AvgIpc) is 3.12. The van der Waals surface area contributed by atoms with E-state index < -0.39 is 0 Å². The quantitative estimate of drug-likeness (QED) is 0.877. The second-order valence-corrected chi connectivity index (χ2v) is 6.07. The molecule has 2 N–H and O–H groups in total. The highest BCUT2D eigenvalue weighted by atomic mass is 32.1. The molecule has 1 fully saturated rings. The molecule has 0 unspecified atom stereocenters. The topological polar surface area (TPSA) is 80.3 Å². The number of hydrogen-bond donors (Lipinski definition) is 1. The van der Waals surface area contributed by atoms with Gasteiger partial charge in [0.1, 0.15) is 12.9 Å². The van der Waals surface area contributed by atoms with Gasteiger partial charge in [-0.05, 0) is 11.4 Å². The van der Waals surface area contributed by atoms with E-state index in [9.17, 15) is 4.79 Å². The van der Waals surface area contributed by atoms with Crippen LogP contribution in [0.25, 0.3) is 0 Å². The van der Waals surface area contributed by atoms with Gasteiger partial charge in [-0.3, -0.25) is 9.69 Å². The summed E-state index contributed by atoms with van der Waals surface area (Å²) >= 11 is 1.78. The summed E-state index contributed by atoms with van der Waals surface area (Å²) in [6, 6.07) is 4.22. The summed E-state index contributed by atoms with van der Waals surface area (Å²) in [6.07, 6.45) is 1.49. The van der Waals surface area contributed by atoms with Crippen molar-refractivity contribution >= 4 is 23.2 Å². The molecule has 3 rings (SSSR count). The van der Waals surface area contributed by atoms with Crippen LogP contribution in [0.1, 0.15) is 4.88 Å². The zero-order valence-electron chi connectivity index (χ0n) is 11.7. The Balaban J connectivity index is 1.47. The Morgan fingerprint density at radius 2 is 2.14 bits per heavy atom. The summed E-state index contributed by atoms with van der Waals surface area (Å²) in [5.74, 6) is 0.263. The van der Waals surface area contributed by atoms with Crippen molar-refractivity contribution in [1.82, 2.24) is 24.6 Å². The number of piperazine rings is 1. The van der Waals surface area contributed by atoms with E-state index >= 15 is 0 Å². The molecule has 2 aromatic rings. The highest BCUT2D eigenvalue weighted by Gasteiger charge is 2.21. The molecule has 21 heavy (non-hydrogen) atoms. The van der Waals surface area contributed by atoms with Gasteiger partial charge in [0.2, 0.25) is 11.9 Å². The molecular formula is C13H18N6OS. The first-order valence-corrected chi connectivity index (χ1v) is 7.76. The number of amides is 1. The summed E-state index contributed by atoms with van der Waals surface area (Å²) < 4.78 is 1.48. The smallest absolute Gasteiger partial charge is 0.244 e. The third-order valence-corrected chi connectivity index (χ3v) is 4.40. The molecule has 112 valence electrons. The fraction of sp³-hybridized carbons (Fsp3) is 0.462. The minimum absolute atomic E-state index is 0.0654. The number of carbonyl (C=O) groups excluding carboxylic acids is 1. The van der Waals surface area contributed by atoms with Crippen LogP contribution in [0.15, 0.2) is 23.8 Å². The van der Waals surface area contributed by atoms with E-state index in [1.54, 1.807) is 11.3 Å². The number of thiophene rings is 1. The lowest BCUT2D eigenvalue weighted by Crippen LogP contribution is -2.49. The van der Waals surface area contributed by atoms with Crippen LogP contribution in [0.4, 0.5) is 5.95 Å². The fourth-order valence-electron chi connectivity index (χ4n) is 2.40. The van der Waals surface area contributed by atoms with Crippen LogP contribution in [-0.2, 0) is 17.9 Å². The van der Waals surface area contributed by atoms with E-state index in [-0.39, 0.29) is 18.4 Å². The minimum Gasteiger partial charge on any atom is -0.367 e. The van der Waals surface area contributed by atoms with Crippen molar-refractivity contribution in [2.75, 3.05) is 31.9 Å². The first kappa shape index (κ1) is 14.0. The van der Waals surface area contributed by atoms with Crippen molar-refractivity contribution in [2.24, 2.45) is 0 Å². The van der Waals surface area contributed by atoms with Crippen molar-refractivity contribution in [3.63, 3.8) is 0 Å². The number of rotatable bonds is 4. The van der Waals surface area contributed by atoms with Gasteiger partial charge in [-0.15, -0.1) is 16.4 Å². The Morgan fingerprint density at radius 3 is 2.76 bits per heavy atom. The van der Waals surface area contributed by atoms with Crippen LogP contribution in [0, 0.1) is 0 Å². The fourth-order valence-corrected chi connectivity index (χ4v) is 3.15. The molecule has 7 nitrogen and oxygen atoms in total. The SMILES string of the molecule is Nc1ncn(CC(=O)N2CCN(Cc3cccs3)CC2)n1. The molecule has 1 aliphatic heterocycles. The molecule has 2 aromatic heterocycles. The Kier molecular flexibility index (Phi) is 4.16. The maximum absolute atomic E-state index is 12.2. The highest BCUT2D eigenvalue weighted by Crippen LogP contribution is 2.13. The molecule has 0 bridgehead atoms. The first-order chi connectivity index (χ1) is 10.2. The van der Waals surface area contributed by atoms with Crippen LogP contribution in [0.3, 0.4) is 0 Å². The van der Waals surface area contributed by atoms with Gasteiger partial charge in [-0.1, -0.05) is 6.07 Å². The highest BCUT2D eigenvalue weighted by molar-refractivity contribution is 7.09. The number of carbonyl (C=O) groups is 1. The normalized spacial score (nSPS) is 16.3. The van der Waals surface area contributed by atoms with Crippen LogP contribution in [0.2, 0.25) is 0 Å². The third kappa shape index (κ3) is 3.59. The maximum atomic E-state index is 12.2. The number of nitrogens with zero attached hydrogens (tertiary/aromatic N) is 5. The van der Waals surface area contributed by atoms with Gasteiger partial charge in [0.25, 0.3) is 0 Å². The van der Waals surface area contributed by atoms with Crippen molar-refractivity contribution in [3.05, 3.63) is 28.7 Å². The molecule has 3 heterocycles. The van der Waals surface area contributed by atoms with Gasteiger partial charge in [0, 0.05) is 37.6 Å². The lowest BCUT2D eigenvalue weighted by Gasteiger charge is -2.34. The Hall–Kier alpha value is -1.93. The number of nitrogen functional groups attached to an aromatic ring is 1. The van der Waals surface area contributed by atoms with Crippen molar-refractivity contribution in [3.8, 4) is 0 Å². The third-order valence-electron chi connectivity index (χ3n) is 3.54. The summed E-state index contributed by atoms with van der Waals surface area (Å²) in [7, 11) is 0. The van der Waals surface area contributed by atoms with Gasteiger partial charge < -0.3 is 10.6 Å². The monoisotopic (exact) mass is 306 g/mol. The van der Waals surface area contributed by atoms with E-state index in [1.807, 2.05) is 4.90 Å². The van der Waals surface area contributed by atoms with Crippen LogP contribution >= 0.6 is 11.3 Å². The lowest BCUT2D eigenvalue weighted by molar-refractivity contribution is -0.133. The summed E-state index contributed by atoms with van der Waals surface area (Å²) in [5, 5.41) is 6.03. The van der Waals surface area contributed by atoms with Crippen molar-refractivity contribution in [1.29, 1.82) is 0 Å². The summed E-state index contributed by atoms with van der Waals surface area (Å²) in [4.78, 5) is 21.6. The van der Waals surface area contributed by atoms with Gasteiger partial charge in [0.05, 0.1) is 0 Å². The van der Waals surface area contributed by atoms with E-state index in [0.717, 1.165) is 32.7 Å². The minimum atomic E-state index is 0.0654. The molecule has 0 atom stereocenters. The number of nitrogens with two attached hydrogens (primary N) is 1. The Bertz CT molecular complexity index is 588. The Morgan fingerprint density at radius 1 is 1.33 bits per heavy atom. The molecule has 0 saturated carbocycles. The van der Waals surface area contributed by atoms with Gasteiger partial charge >= 0.3 is 0 Å². The van der Waals surface area contributed by atoms with Crippen LogP contribution < -0.4 is 5.73 Å². The van der Waals surface area contributed by atoms with Gasteiger partial charge in [0.15, 0.2) is 0 Å². The average molecular weight is 306 g/mol. The standard InChI is InChI=1S/C13H18N6OS/c14-13-15-10-19(16-13)9-12(20)18-5-3-17(4-6-18)8-11-2-1-7-21-11/h1-2,7,10H,3-6,8-9H2,(H2,14,16). The molecule has 0 radical (unpaired) electrons. The first-order valence-electron chi connectivity index (χ1n) is 6.88. The van der Waals surface area contributed by atoms with E-state index in [0.29, 0.717) is 0 Å². The largest absolute Gasteiger partial charge is 0.367 e. The van der Waals surface area contributed by atoms with Crippen LogP contribution in [-0.4, -0.2) is 56.7 Å². The van der Waals surface area contributed by atoms with Crippen molar-refractivity contribution < 1.29 is 4.79 Å². The maximum Gasteiger partial charge on any atom is 0.244 e. The summed E-state index contributed by atoms with van der Waals surface area (Å²) in [5.41, 5.74) is 5.44. The number of aromatic nitrogens is 3. The van der Waals surface area contributed by atoms with E-state index in [1.165, 1.54) is 15.9 Å². The summed E-state index contributed by atoms with van der Waals surface area (Å²) in [6.45, 7) is 4.50. The molecular weight excluding hydrogens is 288 g/mol. The lowest BCUT2D eigenvalue weighted by atomic mass is 10.3. The number of anilines is 1.